The summed E-state index contributed by atoms with van der Waals surface area (Å²) in [7, 11) is -1.70. The van der Waals surface area contributed by atoms with E-state index in [1.807, 2.05) is 12.1 Å². The summed E-state index contributed by atoms with van der Waals surface area (Å²) in [6.45, 7) is 0. The fourth-order valence-corrected chi connectivity index (χ4v) is 5.80. The van der Waals surface area contributed by atoms with Crippen LogP contribution in [0.5, 0.6) is 11.5 Å². The Balaban J connectivity index is 0.000000208. The van der Waals surface area contributed by atoms with Crippen LogP contribution < -0.4 is 14.9 Å². The average Bonchev–Trinajstić information content (AvgIpc) is 3.48. The maximum atomic E-state index is 11.9. The van der Waals surface area contributed by atoms with Gasteiger partial charge in [0.2, 0.25) is 0 Å². The van der Waals surface area contributed by atoms with E-state index >= 15 is 0 Å². The second-order valence-corrected chi connectivity index (χ2v) is 13.2. The molecule has 0 saturated carbocycles. The van der Waals surface area contributed by atoms with E-state index in [1.165, 1.54) is 14.6 Å². The largest absolute Gasteiger partial charge is 0.573 e. The molecule has 36 heavy (non-hydrogen) atoms. The van der Waals surface area contributed by atoms with Crippen LogP contribution >= 0.6 is 22.6 Å². The number of hydrogen-bond acceptors (Lipinski definition) is 4. The molecule has 0 bridgehead atoms. The summed E-state index contributed by atoms with van der Waals surface area (Å²) in [6, 6.07) is 18.4. The van der Waals surface area contributed by atoms with Gasteiger partial charge in [-0.3, -0.25) is 0 Å². The molecule has 0 fully saturated rings. The number of halogens is 7. The van der Waals surface area contributed by atoms with E-state index in [4.69, 9.17) is 10.0 Å². The van der Waals surface area contributed by atoms with Crippen molar-refractivity contribution in [3.05, 3.63) is 85.1 Å². The molecule has 4 aromatic rings. The van der Waals surface area contributed by atoms with Gasteiger partial charge >= 0.3 is 166 Å². The Labute approximate surface area is 228 Å². The third-order valence-corrected chi connectivity index (χ3v) is 8.77. The molecular weight excluding hydrogens is 738 g/mol. The van der Waals surface area contributed by atoms with Crippen LogP contribution in [0.4, 0.5) is 26.3 Å². The van der Waals surface area contributed by atoms with Crippen LogP contribution in [0.15, 0.2) is 82.7 Å². The molecule has 0 radical (unpaired) electrons. The molecule has 0 amide bonds. The molecule has 4 rings (SSSR count). The first-order chi connectivity index (χ1) is 16.8. The molecule has 0 aliphatic heterocycles. The molecule has 2 aromatic heterocycles. The molecule has 0 saturated heterocycles. The van der Waals surface area contributed by atoms with E-state index < -0.39 is 25.6 Å². The Morgan fingerprint density at radius 1 is 0.667 bits per heavy atom. The Morgan fingerprint density at radius 2 is 1.14 bits per heavy atom. The van der Waals surface area contributed by atoms with E-state index in [1.54, 1.807) is 12.1 Å². The van der Waals surface area contributed by atoms with Crippen LogP contribution in [0.3, 0.4) is 0 Å². The van der Waals surface area contributed by atoms with Crippen molar-refractivity contribution in [3.8, 4) is 21.5 Å². The van der Waals surface area contributed by atoms with Gasteiger partial charge in [0.15, 0.2) is 0 Å². The van der Waals surface area contributed by atoms with Crippen molar-refractivity contribution in [1.82, 2.24) is 0 Å². The number of rotatable bonds is 4. The van der Waals surface area contributed by atoms with E-state index in [9.17, 15) is 26.3 Å². The summed E-state index contributed by atoms with van der Waals surface area (Å²) < 4.78 is 80.8. The zero-order valence-electron chi connectivity index (χ0n) is 17.8. The Bertz CT molecular complexity index is 1140. The van der Waals surface area contributed by atoms with Crippen LogP contribution in [0.25, 0.3) is 10.0 Å². The molecule has 192 valence electrons. The minimum absolute atomic E-state index is 0.0968. The van der Waals surface area contributed by atoms with Crippen molar-refractivity contribution in [2.24, 2.45) is 0 Å². The summed E-state index contributed by atoms with van der Waals surface area (Å²) >= 11 is 3.34. The molecule has 4 nitrogen and oxygen atoms in total. The van der Waals surface area contributed by atoms with Gasteiger partial charge in [-0.1, -0.05) is 12.1 Å². The zero-order chi connectivity index (χ0) is 26.8. The van der Waals surface area contributed by atoms with Crippen molar-refractivity contribution in [3.63, 3.8) is 0 Å². The van der Waals surface area contributed by atoms with E-state index in [2.05, 4.69) is 54.1 Å². The first-order valence-corrected chi connectivity index (χ1v) is 14.4. The van der Waals surface area contributed by atoms with Crippen molar-refractivity contribution < 1.29 is 45.9 Å². The van der Waals surface area contributed by atoms with Crippen molar-refractivity contribution in [2.75, 3.05) is 0 Å². The quantitative estimate of drug-likeness (QED) is 0.177. The van der Waals surface area contributed by atoms with Gasteiger partial charge in [-0.05, 0) is 17.6 Å². The molecular formula is C22H16BF6IO4Se2. The van der Waals surface area contributed by atoms with Gasteiger partial charge in [-0.25, -0.2) is 0 Å². The van der Waals surface area contributed by atoms with Crippen molar-refractivity contribution in [2.45, 2.75) is 12.7 Å². The second-order valence-electron chi connectivity index (χ2n) is 6.46. The van der Waals surface area contributed by atoms with Crippen LogP contribution in [0.2, 0.25) is 0 Å². The van der Waals surface area contributed by atoms with E-state index in [-0.39, 0.29) is 25.7 Å². The van der Waals surface area contributed by atoms with Gasteiger partial charge in [0, 0.05) is 0 Å². The molecule has 0 atom stereocenters. The first-order valence-electron chi connectivity index (χ1n) is 9.63. The number of ether oxygens (including phenoxy) is 2. The monoisotopic (exact) mass is 756 g/mol. The van der Waals surface area contributed by atoms with Crippen LogP contribution in [-0.2, 0) is 0 Å². The number of alkyl halides is 6. The number of hydrogen-bond donors (Lipinski definition) is 2. The molecule has 0 aliphatic carbocycles. The predicted molar refractivity (Wildman–Crippen MR) is 135 cm³/mol. The molecule has 2 N–H and O–H groups in total. The smallest absolute Gasteiger partial charge is 0.423 e. The fourth-order valence-electron chi connectivity index (χ4n) is 2.36. The zero-order valence-corrected chi connectivity index (χ0v) is 23.4. The van der Waals surface area contributed by atoms with Crippen LogP contribution in [0, 0.1) is 2.44 Å². The Hall–Kier alpha value is -1.67. The molecule has 0 aliphatic rings. The minimum Gasteiger partial charge on any atom is -0.423 e. The number of benzene rings is 2. The summed E-state index contributed by atoms with van der Waals surface area (Å²) in [5.74, 6) is -0.586. The van der Waals surface area contributed by atoms with Crippen LogP contribution in [-0.4, -0.2) is 58.9 Å². The second kappa shape index (κ2) is 14.3. The molecule has 2 aromatic carbocycles. The van der Waals surface area contributed by atoms with Gasteiger partial charge in [-0.2, -0.15) is 0 Å². The van der Waals surface area contributed by atoms with Gasteiger partial charge in [0.25, 0.3) is 0 Å². The SMILES string of the molecule is FC(F)(F)Oc1ccc(-c2ccc[se]2)cc1.Ic1ccc[se]1.OB(O)c1ccc(OC(F)(F)F)cc1. The predicted octanol–water partition coefficient (Wildman–Crippen LogP) is 4.92. The minimum atomic E-state index is -4.74. The van der Waals surface area contributed by atoms with E-state index in [0.29, 0.717) is 14.5 Å². The summed E-state index contributed by atoms with van der Waals surface area (Å²) in [5.41, 5.74) is 1.04. The summed E-state index contributed by atoms with van der Waals surface area (Å²) in [6.07, 6.45) is -9.36. The normalized spacial score (nSPS) is 10.9. The van der Waals surface area contributed by atoms with Crippen LogP contribution in [0.1, 0.15) is 0 Å². The third-order valence-electron chi connectivity index (χ3n) is 3.79. The first kappa shape index (κ1) is 30.6. The third kappa shape index (κ3) is 12.5. The van der Waals surface area contributed by atoms with Gasteiger partial charge < -0.3 is 14.8 Å². The average molecular weight is 754 g/mol. The van der Waals surface area contributed by atoms with Crippen molar-refractivity contribution in [1.29, 1.82) is 0 Å². The van der Waals surface area contributed by atoms with Gasteiger partial charge in [0.05, 0.1) is 0 Å². The Morgan fingerprint density at radius 3 is 1.47 bits per heavy atom. The molecule has 0 spiro atoms. The standard InChI is InChI=1S/C11H7F3OSe.C7H6BF3O3.C4H3ISe/c12-11(13,14)15-9-5-3-8(4-6-9)10-2-1-7-16-10;9-7(10,11)14-6-3-1-5(2-4-6)8(12)13;5-4-2-1-3-6-4/h1-7H;1-4,12-13H;1-3H. The van der Waals surface area contributed by atoms with Gasteiger partial charge in [0.1, 0.15) is 5.75 Å². The maximum Gasteiger partial charge on any atom is 0.573 e. The topological polar surface area (TPSA) is 58.9 Å². The maximum absolute atomic E-state index is 11.9. The summed E-state index contributed by atoms with van der Waals surface area (Å²) in [4.78, 5) is 4.28. The van der Waals surface area contributed by atoms with Crippen molar-refractivity contribution >= 4 is 64.2 Å². The Kier molecular flexibility index (Phi) is 12.2. The molecule has 14 heteroatoms. The van der Waals surface area contributed by atoms with E-state index in [0.717, 1.165) is 34.3 Å². The van der Waals surface area contributed by atoms with Gasteiger partial charge in [-0.15, -0.1) is 13.2 Å². The fraction of sp³-hybridized carbons (Fsp3) is 0.0909. The molecule has 2 heterocycles. The summed E-state index contributed by atoms with van der Waals surface area (Å²) in [5, 5.41) is 17.3. The molecule has 0 unspecified atom stereocenters.